The maximum Gasteiger partial charge on any atom is 0.307 e. The van der Waals surface area contributed by atoms with E-state index in [0.717, 1.165) is 16.5 Å². The van der Waals surface area contributed by atoms with Gasteiger partial charge in [0.1, 0.15) is 0 Å². The highest BCUT2D eigenvalue weighted by Crippen LogP contribution is 2.22. The predicted molar refractivity (Wildman–Crippen MR) is 65.3 cm³/mol. The van der Waals surface area contributed by atoms with Gasteiger partial charge in [0.15, 0.2) is 0 Å². The summed E-state index contributed by atoms with van der Waals surface area (Å²) in [7, 11) is 1.36. The van der Waals surface area contributed by atoms with Gasteiger partial charge in [-0.3, -0.25) is 9.78 Å². The number of methoxy groups -OCH3 is 1. The molecule has 0 radical (unpaired) electrons. The van der Waals surface area contributed by atoms with Crippen molar-refractivity contribution in [3.8, 4) is 0 Å². The first-order valence-electron chi connectivity index (χ1n) is 5.38. The number of fused-ring (bicyclic) bond motifs is 1. The second kappa shape index (κ2) is 4.93. The molecule has 0 aliphatic rings. The number of hydrogen-bond donors (Lipinski definition) is 1. The third-order valence-electron chi connectivity index (χ3n) is 2.68. The molecule has 0 amide bonds. The van der Waals surface area contributed by atoms with Gasteiger partial charge >= 0.3 is 5.97 Å². The van der Waals surface area contributed by atoms with E-state index in [2.05, 4.69) is 9.72 Å². The molecular formula is C13H14N2O2. The topological polar surface area (TPSA) is 65.2 Å². The molecule has 0 saturated carbocycles. The Labute approximate surface area is 99.4 Å². The molecule has 0 unspecified atom stereocenters. The van der Waals surface area contributed by atoms with E-state index in [0.29, 0.717) is 0 Å². The number of benzene rings is 1. The Morgan fingerprint density at radius 1 is 1.41 bits per heavy atom. The number of nitrogens with zero attached hydrogens (tertiary/aromatic N) is 1. The number of carbonyl (C=O) groups is 1. The van der Waals surface area contributed by atoms with Gasteiger partial charge in [-0.25, -0.2) is 0 Å². The van der Waals surface area contributed by atoms with Crippen molar-refractivity contribution < 1.29 is 9.53 Å². The molecule has 1 atom stereocenters. The molecule has 88 valence electrons. The van der Waals surface area contributed by atoms with E-state index in [1.807, 2.05) is 30.3 Å². The Morgan fingerprint density at radius 3 is 2.94 bits per heavy atom. The van der Waals surface area contributed by atoms with E-state index in [1.165, 1.54) is 7.11 Å². The van der Waals surface area contributed by atoms with Crippen molar-refractivity contribution in [1.29, 1.82) is 0 Å². The number of rotatable bonds is 3. The van der Waals surface area contributed by atoms with Crippen LogP contribution in [0.1, 0.15) is 18.0 Å². The molecule has 0 spiro atoms. The standard InChI is InChI=1S/C13H14N2O2/c1-17-12(16)8-11(14)10-6-2-4-9-5-3-7-15-13(9)10/h2-7,11H,8,14H2,1H3/t11-/m1/s1. The van der Waals surface area contributed by atoms with Crippen LogP contribution in [0.5, 0.6) is 0 Å². The Balaban J connectivity index is 2.38. The SMILES string of the molecule is COC(=O)C[C@@H](N)c1cccc2cccnc12. The third kappa shape index (κ3) is 2.42. The maximum atomic E-state index is 11.2. The lowest BCUT2D eigenvalue weighted by atomic mass is 10.0. The smallest absolute Gasteiger partial charge is 0.307 e. The minimum absolute atomic E-state index is 0.159. The van der Waals surface area contributed by atoms with Crippen LogP contribution in [0, 0.1) is 0 Å². The van der Waals surface area contributed by atoms with Gasteiger partial charge in [0.2, 0.25) is 0 Å². The molecule has 0 saturated heterocycles. The average Bonchev–Trinajstić information content (AvgIpc) is 2.37. The first kappa shape index (κ1) is 11.5. The monoisotopic (exact) mass is 230 g/mol. The van der Waals surface area contributed by atoms with Crippen LogP contribution in [-0.2, 0) is 9.53 Å². The van der Waals surface area contributed by atoms with Gasteiger partial charge in [-0.2, -0.15) is 0 Å². The van der Waals surface area contributed by atoms with Crippen LogP contribution in [0.2, 0.25) is 0 Å². The normalized spacial score (nSPS) is 12.4. The zero-order valence-electron chi connectivity index (χ0n) is 9.59. The van der Waals surface area contributed by atoms with Gasteiger partial charge in [0, 0.05) is 17.6 Å². The predicted octanol–water partition coefficient (Wildman–Crippen LogP) is 1.80. The number of hydrogen-bond acceptors (Lipinski definition) is 4. The molecule has 2 N–H and O–H groups in total. The Kier molecular flexibility index (Phi) is 3.35. The molecule has 0 fully saturated rings. The fraction of sp³-hybridized carbons (Fsp3) is 0.231. The Hall–Kier alpha value is -1.94. The van der Waals surface area contributed by atoms with E-state index >= 15 is 0 Å². The zero-order valence-corrected chi connectivity index (χ0v) is 9.59. The van der Waals surface area contributed by atoms with E-state index in [4.69, 9.17) is 5.73 Å². The number of ether oxygens (including phenoxy) is 1. The van der Waals surface area contributed by atoms with Gasteiger partial charge in [0.25, 0.3) is 0 Å². The van der Waals surface area contributed by atoms with Gasteiger partial charge < -0.3 is 10.5 Å². The third-order valence-corrected chi connectivity index (χ3v) is 2.68. The molecule has 1 aromatic heterocycles. The summed E-state index contributed by atoms with van der Waals surface area (Å²) in [5, 5.41) is 1.02. The Morgan fingerprint density at radius 2 is 2.18 bits per heavy atom. The lowest BCUT2D eigenvalue weighted by Gasteiger charge is -2.12. The van der Waals surface area contributed by atoms with Crippen LogP contribution in [0.3, 0.4) is 0 Å². The summed E-state index contributed by atoms with van der Waals surface area (Å²) in [5.74, 6) is -0.314. The average molecular weight is 230 g/mol. The van der Waals surface area contributed by atoms with E-state index < -0.39 is 0 Å². The fourth-order valence-electron chi connectivity index (χ4n) is 1.80. The van der Waals surface area contributed by atoms with Crippen LogP contribution in [0.15, 0.2) is 36.5 Å². The summed E-state index contributed by atoms with van der Waals surface area (Å²) in [6.45, 7) is 0. The highest BCUT2D eigenvalue weighted by atomic mass is 16.5. The second-order valence-electron chi connectivity index (χ2n) is 3.81. The first-order chi connectivity index (χ1) is 8.22. The molecule has 17 heavy (non-hydrogen) atoms. The Bertz CT molecular complexity index is 534. The molecule has 2 rings (SSSR count). The quantitative estimate of drug-likeness (QED) is 0.816. The van der Waals surface area contributed by atoms with Gasteiger partial charge in [-0.05, 0) is 11.6 Å². The van der Waals surface area contributed by atoms with Crippen LogP contribution in [0.25, 0.3) is 10.9 Å². The molecule has 1 aromatic carbocycles. The van der Waals surface area contributed by atoms with Crippen LogP contribution >= 0.6 is 0 Å². The summed E-state index contributed by atoms with van der Waals surface area (Å²) in [6.07, 6.45) is 1.88. The highest BCUT2D eigenvalue weighted by Gasteiger charge is 2.14. The fourth-order valence-corrected chi connectivity index (χ4v) is 1.80. The van der Waals surface area contributed by atoms with Crippen molar-refractivity contribution in [1.82, 2.24) is 4.98 Å². The van der Waals surface area contributed by atoms with Gasteiger partial charge in [-0.1, -0.05) is 24.3 Å². The van der Waals surface area contributed by atoms with E-state index in [1.54, 1.807) is 6.20 Å². The van der Waals surface area contributed by atoms with E-state index in [-0.39, 0.29) is 18.4 Å². The summed E-state index contributed by atoms with van der Waals surface area (Å²) in [5.41, 5.74) is 7.70. The van der Waals surface area contributed by atoms with Crippen LogP contribution in [0.4, 0.5) is 0 Å². The van der Waals surface area contributed by atoms with Gasteiger partial charge in [0.05, 0.1) is 19.0 Å². The van der Waals surface area contributed by atoms with Crippen molar-refractivity contribution in [2.24, 2.45) is 5.73 Å². The van der Waals surface area contributed by atoms with Crippen molar-refractivity contribution in [3.63, 3.8) is 0 Å². The number of nitrogens with two attached hydrogens (primary N) is 1. The van der Waals surface area contributed by atoms with E-state index in [9.17, 15) is 4.79 Å². The molecule has 1 heterocycles. The number of esters is 1. The summed E-state index contributed by atoms with van der Waals surface area (Å²) < 4.78 is 4.62. The van der Waals surface area contributed by atoms with Crippen LogP contribution in [-0.4, -0.2) is 18.1 Å². The maximum absolute atomic E-state index is 11.2. The highest BCUT2D eigenvalue weighted by molar-refractivity contribution is 5.82. The summed E-state index contributed by atoms with van der Waals surface area (Å²) >= 11 is 0. The lowest BCUT2D eigenvalue weighted by molar-refractivity contribution is -0.141. The molecule has 4 nitrogen and oxygen atoms in total. The van der Waals surface area contributed by atoms with Crippen molar-refractivity contribution >= 4 is 16.9 Å². The van der Waals surface area contributed by atoms with Crippen LogP contribution < -0.4 is 5.73 Å². The molecular weight excluding hydrogens is 216 g/mol. The lowest BCUT2D eigenvalue weighted by Crippen LogP contribution is -2.16. The first-order valence-corrected chi connectivity index (χ1v) is 5.38. The molecule has 0 bridgehead atoms. The zero-order chi connectivity index (χ0) is 12.3. The number of carbonyl (C=O) groups excluding carboxylic acids is 1. The molecule has 2 aromatic rings. The number of aromatic nitrogens is 1. The number of para-hydroxylation sites is 1. The molecule has 0 aliphatic carbocycles. The molecule has 0 aliphatic heterocycles. The molecule has 4 heteroatoms. The van der Waals surface area contributed by atoms with Crippen molar-refractivity contribution in [2.45, 2.75) is 12.5 Å². The van der Waals surface area contributed by atoms with Crippen molar-refractivity contribution in [2.75, 3.05) is 7.11 Å². The minimum Gasteiger partial charge on any atom is -0.469 e. The second-order valence-corrected chi connectivity index (χ2v) is 3.81. The minimum atomic E-state index is -0.388. The summed E-state index contributed by atoms with van der Waals surface area (Å²) in [6, 6.07) is 9.23. The number of pyridine rings is 1. The van der Waals surface area contributed by atoms with Crippen molar-refractivity contribution in [3.05, 3.63) is 42.1 Å². The summed E-state index contributed by atoms with van der Waals surface area (Å²) in [4.78, 5) is 15.5. The van der Waals surface area contributed by atoms with Gasteiger partial charge in [-0.15, -0.1) is 0 Å². The largest absolute Gasteiger partial charge is 0.469 e.